The number of aryl methyl sites for hydroxylation is 2. The number of anilines is 2. The molecule has 2 amide bonds. The highest BCUT2D eigenvalue weighted by molar-refractivity contribution is 5.95. The quantitative estimate of drug-likeness (QED) is 0.815. The van der Waals surface area contributed by atoms with Gasteiger partial charge in [0.1, 0.15) is 5.75 Å². The third-order valence-corrected chi connectivity index (χ3v) is 4.21. The van der Waals surface area contributed by atoms with Crippen molar-refractivity contribution in [3.05, 3.63) is 53.6 Å². The molecule has 2 rings (SSSR count). The first-order chi connectivity index (χ1) is 12.4. The SMILES string of the molecule is CCOc1ccccc1NC(=O)CCN(C(C)=O)c1ccc(C)c(C)c1. The Kier molecular flexibility index (Phi) is 6.78. The van der Waals surface area contributed by atoms with Crippen LogP contribution in [0.15, 0.2) is 42.5 Å². The van der Waals surface area contributed by atoms with Gasteiger partial charge < -0.3 is 15.0 Å². The number of ether oxygens (including phenoxy) is 1. The van der Waals surface area contributed by atoms with Gasteiger partial charge in [-0.2, -0.15) is 0 Å². The third-order valence-electron chi connectivity index (χ3n) is 4.21. The van der Waals surface area contributed by atoms with Crippen LogP contribution in [0.1, 0.15) is 31.4 Å². The zero-order valence-corrected chi connectivity index (χ0v) is 15.8. The molecule has 26 heavy (non-hydrogen) atoms. The van der Waals surface area contributed by atoms with Crippen LogP contribution in [0.4, 0.5) is 11.4 Å². The van der Waals surface area contributed by atoms with Gasteiger partial charge in [-0.1, -0.05) is 18.2 Å². The van der Waals surface area contributed by atoms with Crippen LogP contribution >= 0.6 is 0 Å². The van der Waals surface area contributed by atoms with Crippen LogP contribution in [0.5, 0.6) is 5.75 Å². The molecule has 0 aliphatic rings. The minimum Gasteiger partial charge on any atom is -0.492 e. The van der Waals surface area contributed by atoms with E-state index in [1.165, 1.54) is 12.5 Å². The zero-order chi connectivity index (χ0) is 19.1. The van der Waals surface area contributed by atoms with Crippen molar-refractivity contribution >= 4 is 23.2 Å². The van der Waals surface area contributed by atoms with Crippen molar-refractivity contribution in [2.75, 3.05) is 23.4 Å². The van der Waals surface area contributed by atoms with E-state index >= 15 is 0 Å². The molecule has 138 valence electrons. The minimum atomic E-state index is -0.160. The summed E-state index contributed by atoms with van der Waals surface area (Å²) in [6.07, 6.45) is 0.201. The second-order valence-electron chi connectivity index (χ2n) is 6.17. The predicted molar refractivity (Wildman–Crippen MR) is 105 cm³/mol. The van der Waals surface area contributed by atoms with Crippen molar-refractivity contribution in [1.82, 2.24) is 0 Å². The third kappa shape index (κ3) is 5.09. The topological polar surface area (TPSA) is 58.6 Å². The highest BCUT2D eigenvalue weighted by Crippen LogP contribution is 2.24. The van der Waals surface area contributed by atoms with E-state index < -0.39 is 0 Å². The van der Waals surface area contributed by atoms with Gasteiger partial charge in [-0.3, -0.25) is 9.59 Å². The van der Waals surface area contributed by atoms with Crippen LogP contribution in [-0.4, -0.2) is 25.0 Å². The largest absolute Gasteiger partial charge is 0.492 e. The Hall–Kier alpha value is -2.82. The molecular weight excluding hydrogens is 328 g/mol. The number of hydrogen-bond acceptors (Lipinski definition) is 3. The van der Waals surface area contributed by atoms with Gasteiger partial charge in [0.15, 0.2) is 0 Å². The molecular formula is C21H26N2O3. The number of rotatable bonds is 7. The lowest BCUT2D eigenvalue weighted by Crippen LogP contribution is -2.32. The predicted octanol–water partition coefficient (Wildman–Crippen LogP) is 4.08. The average Bonchev–Trinajstić information content (AvgIpc) is 2.60. The lowest BCUT2D eigenvalue weighted by Gasteiger charge is -2.22. The first-order valence-electron chi connectivity index (χ1n) is 8.79. The Labute approximate surface area is 155 Å². The maximum absolute atomic E-state index is 12.3. The number of nitrogens with one attached hydrogen (secondary N) is 1. The molecule has 2 aromatic rings. The highest BCUT2D eigenvalue weighted by Gasteiger charge is 2.15. The molecule has 0 unspecified atom stereocenters. The Balaban J connectivity index is 2.04. The maximum atomic E-state index is 12.3. The summed E-state index contributed by atoms with van der Waals surface area (Å²) < 4.78 is 5.52. The van der Waals surface area contributed by atoms with Gasteiger partial charge in [0.05, 0.1) is 12.3 Å². The van der Waals surface area contributed by atoms with Crippen LogP contribution in [-0.2, 0) is 9.59 Å². The molecule has 5 heteroatoms. The van der Waals surface area contributed by atoms with E-state index in [9.17, 15) is 9.59 Å². The van der Waals surface area contributed by atoms with Gasteiger partial charge in [0.25, 0.3) is 0 Å². The van der Waals surface area contributed by atoms with Gasteiger partial charge in [0, 0.05) is 25.6 Å². The van der Waals surface area contributed by atoms with Crippen LogP contribution in [0.3, 0.4) is 0 Å². The molecule has 0 spiro atoms. The standard InChI is InChI=1S/C21H26N2O3/c1-5-26-20-9-7-6-8-19(20)22-21(25)12-13-23(17(4)24)18-11-10-15(2)16(3)14-18/h6-11,14H,5,12-13H2,1-4H3,(H,22,25). The number of carbonyl (C=O) groups is 2. The van der Waals surface area contributed by atoms with Gasteiger partial charge in [-0.15, -0.1) is 0 Å². The van der Waals surface area contributed by atoms with E-state index in [1.807, 2.05) is 57.2 Å². The van der Waals surface area contributed by atoms with Crippen molar-refractivity contribution in [3.8, 4) is 5.75 Å². The molecule has 0 saturated heterocycles. The highest BCUT2D eigenvalue weighted by atomic mass is 16.5. The molecule has 0 radical (unpaired) electrons. The van der Waals surface area contributed by atoms with Crippen molar-refractivity contribution in [2.45, 2.75) is 34.1 Å². The average molecular weight is 354 g/mol. The van der Waals surface area contributed by atoms with Crippen molar-refractivity contribution in [3.63, 3.8) is 0 Å². The van der Waals surface area contributed by atoms with Crippen LogP contribution in [0, 0.1) is 13.8 Å². The molecule has 1 N–H and O–H groups in total. The van der Waals surface area contributed by atoms with Gasteiger partial charge in [0.2, 0.25) is 11.8 Å². The fraction of sp³-hybridized carbons (Fsp3) is 0.333. The Morgan fingerprint density at radius 3 is 2.46 bits per heavy atom. The Morgan fingerprint density at radius 1 is 1.08 bits per heavy atom. The van der Waals surface area contributed by atoms with E-state index in [4.69, 9.17) is 4.74 Å². The summed E-state index contributed by atoms with van der Waals surface area (Å²) in [5.74, 6) is 0.393. The van der Waals surface area contributed by atoms with E-state index in [1.54, 1.807) is 11.0 Å². The van der Waals surface area contributed by atoms with Crippen molar-refractivity contribution < 1.29 is 14.3 Å². The van der Waals surface area contributed by atoms with Crippen LogP contribution in [0.25, 0.3) is 0 Å². The lowest BCUT2D eigenvalue weighted by molar-refractivity contribution is -0.117. The number of para-hydroxylation sites is 2. The number of hydrogen-bond donors (Lipinski definition) is 1. The molecule has 0 saturated carbocycles. The minimum absolute atomic E-state index is 0.0873. The molecule has 0 heterocycles. The van der Waals surface area contributed by atoms with E-state index in [0.29, 0.717) is 24.6 Å². The molecule has 0 atom stereocenters. The number of amides is 2. The smallest absolute Gasteiger partial charge is 0.226 e. The fourth-order valence-electron chi connectivity index (χ4n) is 2.64. The molecule has 0 fully saturated rings. The first kappa shape index (κ1) is 19.5. The Bertz CT molecular complexity index is 787. The summed E-state index contributed by atoms with van der Waals surface area (Å²) in [7, 11) is 0. The van der Waals surface area contributed by atoms with Gasteiger partial charge in [-0.25, -0.2) is 0 Å². The number of carbonyl (C=O) groups excluding carboxylic acids is 2. The van der Waals surface area contributed by atoms with Gasteiger partial charge in [-0.05, 0) is 56.2 Å². The summed E-state index contributed by atoms with van der Waals surface area (Å²) in [5, 5.41) is 2.86. The molecule has 0 aliphatic carbocycles. The maximum Gasteiger partial charge on any atom is 0.226 e. The number of nitrogens with zero attached hydrogens (tertiary/aromatic N) is 1. The Morgan fingerprint density at radius 2 is 1.81 bits per heavy atom. The van der Waals surface area contributed by atoms with Crippen molar-refractivity contribution in [1.29, 1.82) is 0 Å². The summed E-state index contributed by atoms with van der Waals surface area (Å²) in [6, 6.07) is 13.2. The summed E-state index contributed by atoms with van der Waals surface area (Å²) >= 11 is 0. The fourth-order valence-corrected chi connectivity index (χ4v) is 2.64. The molecule has 0 aromatic heterocycles. The second kappa shape index (κ2) is 9.04. The normalized spacial score (nSPS) is 10.3. The monoisotopic (exact) mass is 354 g/mol. The van der Waals surface area contributed by atoms with Gasteiger partial charge >= 0.3 is 0 Å². The van der Waals surface area contributed by atoms with E-state index in [-0.39, 0.29) is 18.2 Å². The number of benzene rings is 2. The summed E-state index contributed by atoms with van der Waals surface area (Å²) in [6.45, 7) is 8.29. The van der Waals surface area contributed by atoms with Crippen LogP contribution in [0.2, 0.25) is 0 Å². The second-order valence-corrected chi connectivity index (χ2v) is 6.17. The van der Waals surface area contributed by atoms with E-state index in [2.05, 4.69) is 5.32 Å². The molecule has 0 bridgehead atoms. The summed E-state index contributed by atoms with van der Waals surface area (Å²) in [4.78, 5) is 26.0. The van der Waals surface area contributed by atoms with E-state index in [0.717, 1.165) is 11.3 Å². The molecule has 2 aromatic carbocycles. The first-order valence-corrected chi connectivity index (χ1v) is 8.79. The molecule has 0 aliphatic heterocycles. The summed E-state index contributed by atoms with van der Waals surface area (Å²) in [5.41, 5.74) is 3.73. The lowest BCUT2D eigenvalue weighted by atomic mass is 10.1. The zero-order valence-electron chi connectivity index (χ0n) is 15.8. The molecule has 5 nitrogen and oxygen atoms in total. The van der Waals surface area contributed by atoms with Crippen LogP contribution < -0.4 is 15.0 Å². The van der Waals surface area contributed by atoms with Crippen molar-refractivity contribution in [2.24, 2.45) is 0 Å².